The van der Waals surface area contributed by atoms with Crippen LogP contribution in [0.1, 0.15) is 27.7 Å². The lowest BCUT2D eigenvalue weighted by Crippen LogP contribution is -2.54. The van der Waals surface area contributed by atoms with Gasteiger partial charge in [-0.05, 0) is 27.7 Å². The molecule has 1 heterocycles. The minimum atomic E-state index is -0.0743. The largest absolute Gasteiger partial charge is 0.367 e. The lowest BCUT2D eigenvalue weighted by Gasteiger charge is -2.40. The summed E-state index contributed by atoms with van der Waals surface area (Å²) in [7, 11) is 0. The van der Waals surface area contributed by atoms with E-state index < -0.39 is 0 Å². The number of amides is 1. The van der Waals surface area contributed by atoms with Crippen molar-refractivity contribution in [2.75, 3.05) is 13.2 Å². The number of nitrogens with zero attached hydrogens (tertiary/aromatic N) is 1. The SMILES string of the molecule is CC1CN(C(C)(C)C)C(=O)CO1. The fourth-order valence-corrected chi connectivity index (χ4v) is 1.35. The molecule has 70 valence electrons. The zero-order chi connectivity index (χ0) is 9.35. The van der Waals surface area contributed by atoms with Crippen LogP contribution < -0.4 is 0 Å². The van der Waals surface area contributed by atoms with Gasteiger partial charge in [-0.25, -0.2) is 0 Å². The van der Waals surface area contributed by atoms with Crippen molar-refractivity contribution >= 4 is 5.91 Å². The molecule has 0 radical (unpaired) electrons. The lowest BCUT2D eigenvalue weighted by atomic mass is 10.0. The summed E-state index contributed by atoms with van der Waals surface area (Å²) in [5, 5.41) is 0. The van der Waals surface area contributed by atoms with Crippen molar-refractivity contribution in [1.82, 2.24) is 4.90 Å². The molecule has 1 aliphatic rings. The van der Waals surface area contributed by atoms with Crippen molar-refractivity contribution in [3.8, 4) is 0 Å². The standard InChI is InChI=1S/C9H17NO2/c1-7-5-10(9(2,3)4)8(11)6-12-7/h7H,5-6H2,1-4H3. The van der Waals surface area contributed by atoms with Gasteiger partial charge in [0, 0.05) is 12.1 Å². The minimum Gasteiger partial charge on any atom is -0.367 e. The van der Waals surface area contributed by atoms with Gasteiger partial charge < -0.3 is 9.64 Å². The minimum absolute atomic E-state index is 0.0743. The second-order valence-electron chi connectivity index (χ2n) is 4.30. The van der Waals surface area contributed by atoms with Gasteiger partial charge in [0.2, 0.25) is 5.91 Å². The lowest BCUT2D eigenvalue weighted by molar-refractivity contribution is -0.154. The molecule has 12 heavy (non-hydrogen) atoms. The van der Waals surface area contributed by atoms with E-state index >= 15 is 0 Å². The monoisotopic (exact) mass is 171 g/mol. The highest BCUT2D eigenvalue weighted by atomic mass is 16.5. The Morgan fingerprint density at radius 1 is 1.50 bits per heavy atom. The third-order valence-corrected chi connectivity index (χ3v) is 2.04. The molecule has 0 spiro atoms. The summed E-state index contributed by atoms with van der Waals surface area (Å²) in [6.45, 7) is 9.07. The summed E-state index contributed by atoms with van der Waals surface area (Å²) in [4.78, 5) is 13.3. The predicted molar refractivity (Wildman–Crippen MR) is 46.9 cm³/mol. The first-order valence-electron chi connectivity index (χ1n) is 4.33. The molecule has 0 saturated carbocycles. The molecule has 0 aromatic rings. The maximum atomic E-state index is 11.4. The highest BCUT2D eigenvalue weighted by molar-refractivity contribution is 5.78. The van der Waals surface area contributed by atoms with Crippen molar-refractivity contribution in [1.29, 1.82) is 0 Å². The molecule has 1 aliphatic heterocycles. The number of morpholine rings is 1. The normalized spacial score (nSPS) is 26.2. The van der Waals surface area contributed by atoms with Crippen molar-refractivity contribution in [2.45, 2.75) is 39.3 Å². The van der Waals surface area contributed by atoms with Crippen LogP contribution in [0.4, 0.5) is 0 Å². The molecule has 0 N–H and O–H groups in total. The van der Waals surface area contributed by atoms with Gasteiger partial charge >= 0.3 is 0 Å². The first-order chi connectivity index (χ1) is 5.41. The van der Waals surface area contributed by atoms with Crippen LogP contribution in [-0.2, 0) is 9.53 Å². The highest BCUT2D eigenvalue weighted by Gasteiger charge is 2.31. The Bertz CT molecular complexity index is 183. The summed E-state index contributed by atoms with van der Waals surface area (Å²) >= 11 is 0. The molecule has 1 saturated heterocycles. The van der Waals surface area contributed by atoms with Crippen molar-refractivity contribution in [2.24, 2.45) is 0 Å². The molecule has 0 bridgehead atoms. The van der Waals surface area contributed by atoms with Gasteiger partial charge in [0.1, 0.15) is 6.61 Å². The Morgan fingerprint density at radius 2 is 2.08 bits per heavy atom. The Hall–Kier alpha value is -0.570. The van der Waals surface area contributed by atoms with Gasteiger partial charge in [-0.2, -0.15) is 0 Å². The molecule has 1 fully saturated rings. The number of carbonyl (C=O) groups is 1. The topological polar surface area (TPSA) is 29.5 Å². The first kappa shape index (κ1) is 9.52. The Kier molecular flexibility index (Phi) is 2.42. The molecule has 3 nitrogen and oxygen atoms in total. The number of carbonyl (C=O) groups excluding carboxylic acids is 1. The molecule has 1 unspecified atom stereocenters. The van der Waals surface area contributed by atoms with Gasteiger partial charge in [0.15, 0.2) is 0 Å². The maximum Gasteiger partial charge on any atom is 0.249 e. The van der Waals surface area contributed by atoms with E-state index in [0.717, 1.165) is 0 Å². The number of hydrogen-bond acceptors (Lipinski definition) is 2. The predicted octanol–water partition coefficient (Wildman–Crippen LogP) is 1.03. The van der Waals surface area contributed by atoms with E-state index in [0.29, 0.717) is 6.54 Å². The highest BCUT2D eigenvalue weighted by Crippen LogP contribution is 2.17. The zero-order valence-electron chi connectivity index (χ0n) is 8.26. The molecule has 1 amide bonds. The van der Waals surface area contributed by atoms with E-state index in [4.69, 9.17) is 4.74 Å². The van der Waals surface area contributed by atoms with Crippen LogP contribution >= 0.6 is 0 Å². The van der Waals surface area contributed by atoms with Crippen molar-refractivity contribution in [3.63, 3.8) is 0 Å². The summed E-state index contributed by atoms with van der Waals surface area (Å²) in [5.74, 6) is 0.0978. The van der Waals surface area contributed by atoms with Gasteiger partial charge in [-0.3, -0.25) is 4.79 Å². The zero-order valence-corrected chi connectivity index (χ0v) is 8.26. The summed E-state index contributed by atoms with van der Waals surface area (Å²) < 4.78 is 5.22. The van der Waals surface area contributed by atoms with Crippen molar-refractivity contribution < 1.29 is 9.53 Å². The molecule has 0 aliphatic carbocycles. The average molecular weight is 171 g/mol. The molecule has 1 atom stereocenters. The third kappa shape index (κ3) is 1.97. The third-order valence-electron chi connectivity index (χ3n) is 2.04. The smallest absolute Gasteiger partial charge is 0.249 e. The first-order valence-corrected chi connectivity index (χ1v) is 4.33. The average Bonchev–Trinajstić information content (AvgIpc) is 1.92. The van der Waals surface area contributed by atoms with Crippen LogP contribution in [0.15, 0.2) is 0 Å². The van der Waals surface area contributed by atoms with Crippen LogP contribution in [-0.4, -0.2) is 35.6 Å². The van der Waals surface area contributed by atoms with Crippen molar-refractivity contribution in [3.05, 3.63) is 0 Å². The Morgan fingerprint density at radius 3 is 2.50 bits per heavy atom. The van der Waals surface area contributed by atoms with Crippen LogP contribution in [0.2, 0.25) is 0 Å². The van der Waals surface area contributed by atoms with E-state index in [9.17, 15) is 4.79 Å². The number of rotatable bonds is 0. The molecular weight excluding hydrogens is 154 g/mol. The van der Waals surface area contributed by atoms with E-state index in [-0.39, 0.29) is 24.2 Å². The van der Waals surface area contributed by atoms with Crippen LogP contribution in [0.25, 0.3) is 0 Å². The van der Waals surface area contributed by atoms with Gasteiger partial charge in [-0.1, -0.05) is 0 Å². The van der Waals surface area contributed by atoms with E-state index in [2.05, 4.69) is 0 Å². The summed E-state index contributed by atoms with van der Waals surface area (Å²) in [6.07, 6.45) is 0.168. The van der Waals surface area contributed by atoms with Crippen LogP contribution in [0, 0.1) is 0 Å². The number of hydrogen-bond donors (Lipinski definition) is 0. The Balaban J connectivity index is 2.68. The van der Waals surface area contributed by atoms with Gasteiger partial charge in [0.05, 0.1) is 6.10 Å². The second kappa shape index (κ2) is 3.05. The van der Waals surface area contributed by atoms with E-state index in [1.807, 2.05) is 32.6 Å². The molecule has 1 rings (SSSR count). The molecule has 0 aromatic carbocycles. The number of ether oxygens (including phenoxy) is 1. The maximum absolute atomic E-state index is 11.4. The Labute approximate surface area is 73.7 Å². The second-order valence-corrected chi connectivity index (χ2v) is 4.30. The summed E-state index contributed by atoms with van der Waals surface area (Å²) in [5.41, 5.74) is -0.0743. The molecular formula is C9H17NO2. The van der Waals surface area contributed by atoms with Crippen LogP contribution in [0.3, 0.4) is 0 Å². The van der Waals surface area contributed by atoms with Crippen LogP contribution in [0.5, 0.6) is 0 Å². The van der Waals surface area contributed by atoms with E-state index in [1.54, 1.807) is 0 Å². The van der Waals surface area contributed by atoms with Gasteiger partial charge in [-0.15, -0.1) is 0 Å². The molecule has 3 heteroatoms. The quantitative estimate of drug-likeness (QED) is 0.545. The molecule has 0 aromatic heterocycles. The fraction of sp³-hybridized carbons (Fsp3) is 0.889. The van der Waals surface area contributed by atoms with E-state index in [1.165, 1.54) is 0 Å². The fourth-order valence-electron chi connectivity index (χ4n) is 1.35. The van der Waals surface area contributed by atoms with Gasteiger partial charge in [0.25, 0.3) is 0 Å². The summed E-state index contributed by atoms with van der Waals surface area (Å²) in [6, 6.07) is 0.